The fourth-order valence-electron chi connectivity index (χ4n) is 4.11. The van der Waals surface area contributed by atoms with Crippen LogP contribution in [0.1, 0.15) is 18.4 Å². The van der Waals surface area contributed by atoms with Crippen molar-refractivity contribution in [3.63, 3.8) is 0 Å². The highest BCUT2D eigenvalue weighted by Gasteiger charge is 2.45. The summed E-state index contributed by atoms with van der Waals surface area (Å²) in [6, 6.07) is 4.56. The van der Waals surface area contributed by atoms with Crippen LogP contribution >= 0.6 is 0 Å². The van der Waals surface area contributed by atoms with E-state index in [1.165, 1.54) is 22.9 Å². The molecule has 2 fully saturated rings. The quantitative estimate of drug-likeness (QED) is 0.768. The SMILES string of the molecule is Cn1cnc(S(=O)(=O)N2CC(Nc3cccc(C(F)(F)F)c3)C(C3CCCO3)C2)c1. The summed E-state index contributed by atoms with van der Waals surface area (Å²) < 4.78 is 73.9. The van der Waals surface area contributed by atoms with Gasteiger partial charge in [0.25, 0.3) is 10.0 Å². The van der Waals surface area contributed by atoms with Crippen molar-refractivity contribution in [1.29, 1.82) is 0 Å². The van der Waals surface area contributed by atoms with Crippen molar-refractivity contribution < 1.29 is 26.3 Å². The van der Waals surface area contributed by atoms with Crippen LogP contribution in [0.4, 0.5) is 18.9 Å². The number of rotatable bonds is 5. The Hall–Kier alpha value is -2.11. The number of imidazole rings is 1. The number of benzene rings is 1. The molecule has 1 N–H and O–H groups in total. The average Bonchev–Trinajstić information content (AvgIpc) is 3.41. The largest absolute Gasteiger partial charge is 0.416 e. The zero-order valence-electron chi connectivity index (χ0n) is 16.3. The summed E-state index contributed by atoms with van der Waals surface area (Å²) in [6.45, 7) is 0.949. The van der Waals surface area contributed by atoms with E-state index in [1.54, 1.807) is 17.7 Å². The molecule has 1 aromatic heterocycles. The van der Waals surface area contributed by atoms with E-state index < -0.39 is 21.8 Å². The van der Waals surface area contributed by atoms with Gasteiger partial charge in [0.05, 0.1) is 18.0 Å². The lowest BCUT2D eigenvalue weighted by atomic mass is 9.94. The van der Waals surface area contributed by atoms with Gasteiger partial charge in [0.15, 0.2) is 5.03 Å². The second kappa shape index (κ2) is 7.86. The summed E-state index contributed by atoms with van der Waals surface area (Å²) in [5.41, 5.74) is -0.452. The lowest BCUT2D eigenvalue weighted by molar-refractivity contribution is -0.137. The van der Waals surface area contributed by atoms with Crippen LogP contribution in [0.2, 0.25) is 0 Å². The third-order valence-corrected chi connectivity index (χ3v) is 7.32. The first-order valence-corrected chi connectivity index (χ1v) is 11.1. The predicted octanol–water partition coefficient (Wildman–Crippen LogP) is 2.72. The van der Waals surface area contributed by atoms with Gasteiger partial charge < -0.3 is 14.6 Å². The molecule has 1 aromatic carbocycles. The Morgan fingerprint density at radius 3 is 2.70 bits per heavy atom. The Kier molecular flexibility index (Phi) is 5.54. The van der Waals surface area contributed by atoms with E-state index in [4.69, 9.17) is 4.74 Å². The average molecular weight is 444 g/mol. The maximum atomic E-state index is 13.1. The van der Waals surface area contributed by atoms with Gasteiger partial charge >= 0.3 is 6.18 Å². The number of nitrogens with zero attached hydrogens (tertiary/aromatic N) is 3. The fraction of sp³-hybridized carbons (Fsp3) is 0.526. The number of alkyl halides is 3. The van der Waals surface area contributed by atoms with Crippen molar-refractivity contribution in [3.8, 4) is 0 Å². The van der Waals surface area contributed by atoms with Gasteiger partial charge in [0.2, 0.25) is 0 Å². The summed E-state index contributed by atoms with van der Waals surface area (Å²) in [5, 5.41) is 3.08. The Bertz CT molecular complexity index is 1000. The fourth-order valence-corrected chi connectivity index (χ4v) is 5.58. The summed E-state index contributed by atoms with van der Waals surface area (Å²) in [5.74, 6) is -0.180. The van der Waals surface area contributed by atoms with E-state index in [0.29, 0.717) is 12.3 Å². The number of halogens is 3. The molecule has 0 spiro atoms. The van der Waals surface area contributed by atoms with Crippen LogP contribution in [0.3, 0.4) is 0 Å². The molecular formula is C19H23F3N4O3S. The van der Waals surface area contributed by atoms with Gasteiger partial charge in [-0.1, -0.05) is 6.07 Å². The zero-order chi connectivity index (χ0) is 21.5. The minimum Gasteiger partial charge on any atom is -0.381 e. The van der Waals surface area contributed by atoms with Gasteiger partial charge in [0, 0.05) is 50.6 Å². The molecule has 0 radical (unpaired) electrons. The molecule has 2 aliphatic heterocycles. The third-order valence-electron chi connectivity index (χ3n) is 5.60. The molecule has 164 valence electrons. The van der Waals surface area contributed by atoms with Gasteiger partial charge in [-0.2, -0.15) is 17.5 Å². The predicted molar refractivity (Wildman–Crippen MR) is 103 cm³/mol. The molecule has 3 atom stereocenters. The van der Waals surface area contributed by atoms with Gasteiger partial charge in [-0.3, -0.25) is 0 Å². The minimum absolute atomic E-state index is 0.0455. The molecule has 0 saturated carbocycles. The van der Waals surface area contributed by atoms with Crippen LogP contribution < -0.4 is 5.32 Å². The van der Waals surface area contributed by atoms with E-state index >= 15 is 0 Å². The van der Waals surface area contributed by atoms with Crippen molar-refractivity contribution >= 4 is 15.7 Å². The zero-order valence-corrected chi connectivity index (χ0v) is 17.2. The number of nitrogens with one attached hydrogen (secondary N) is 1. The first-order chi connectivity index (χ1) is 14.1. The molecule has 3 unspecified atom stereocenters. The van der Waals surface area contributed by atoms with Crippen molar-refractivity contribution in [2.24, 2.45) is 13.0 Å². The highest BCUT2D eigenvalue weighted by Crippen LogP contribution is 2.35. The number of hydrogen-bond donors (Lipinski definition) is 1. The smallest absolute Gasteiger partial charge is 0.381 e. The van der Waals surface area contributed by atoms with Gasteiger partial charge in [-0.05, 0) is 31.0 Å². The second-order valence-electron chi connectivity index (χ2n) is 7.74. The summed E-state index contributed by atoms with van der Waals surface area (Å²) in [4.78, 5) is 3.96. The summed E-state index contributed by atoms with van der Waals surface area (Å²) in [7, 11) is -2.13. The number of aryl methyl sites for hydroxylation is 1. The lowest BCUT2D eigenvalue weighted by Crippen LogP contribution is -2.35. The molecule has 30 heavy (non-hydrogen) atoms. The van der Waals surface area contributed by atoms with Gasteiger partial charge in [0.1, 0.15) is 0 Å². The molecule has 2 aromatic rings. The van der Waals surface area contributed by atoms with Crippen LogP contribution in [0.25, 0.3) is 0 Å². The normalized spacial score (nSPS) is 25.7. The van der Waals surface area contributed by atoms with Crippen molar-refractivity contribution in [2.75, 3.05) is 25.0 Å². The molecule has 7 nitrogen and oxygen atoms in total. The van der Waals surface area contributed by atoms with Crippen LogP contribution in [0, 0.1) is 5.92 Å². The van der Waals surface area contributed by atoms with Crippen molar-refractivity contribution in [2.45, 2.75) is 36.2 Å². The molecule has 3 heterocycles. The number of sulfonamides is 1. The Morgan fingerprint density at radius 1 is 1.27 bits per heavy atom. The number of ether oxygens (including phenoxy) is 1. The van der Waals surface area contributed by atoms with E-state index in [9.17, 15) is 21.6 Å². The van der Waals surface area contributed by atoms with Gasteiger partial charge in [-0.15, -0.1) is 0 Å². The summed E-state index contributed by atoms with van der Waals surface area (Å²) in [6.07, 6.45) is -0.0662. The van der Waals surface area contributed by atoms with Crippen LogP contribution in [-0.2, 0) is 28.0 Å². The van der Waals surface area contributed by atoms with E-state index in [0.717, 1.165) is 25.0 Å². The molecular weight excluding hydrogens is 421 g/mol. The molecule has 2 aliphatic rings. The minimum atomic E-state index is -4.45. The Morgan fingerprint density at radius 2 is 2.07 bits per heavy atom. The maximum absolute atomic E-state index is 13.1. The van der Waals surface area contributed by atoms with E-state index in [2.05, 4.69) is 10.3 Å². The number of anilines is 1. The molecule has 0 bridgehead atoms. The Balaban J connectivity index is 1.59. The Labute approximate surface area is 172 Å². The monoisotopic (exact) mass is 444 g/mol. The van der Waals surface area contributed by atoms with Crippen LogP contribution in [0.5, 0.6) is 0 Å². The lowest BCUT2D eigenvalue weighted by Gasteiger charge is -2.25. The summed E-state index contributed by atoms with van der Waals surface area (Å²) >= 11 is 0. The van der Waals surface area contributed by atoms with Gasteiger partial charge in [-0.25, -0.2) is 13.4 Å². The topological polar surface area (TPSA) is 76.5 Å². The number of hydrogen-bond acceptors (Lipinski definition) is 5. The highest BCUT2D eigenvalue weighted by molar-refractivity contribution is 7.89. The molecule has 0 aliphatic carbocycles. The first-order valence-electron chi connectivity index (χ1n) is 9.68. The maximum Gasteiger partial charge on any atom is 0.416 e. The second-order valence-corrected chi connectivity index (χ2v) is 9.63. The first kappa shape index (κ1) is 21.1. The van der Waals surface area contributed by atoms with Crippen molar-refractivity contribution in [3.05, 3.63) is 42.4 Å². The molecule has 4 rings (SSSR count). The number of aromatic nitrogens is 2. The standard InChI is InChI=1S/C19H23F3N4O3S/c1-25-11-18(23-12-25)30(27,28)26-9-15(17-6-3-7-29-17)16(10-26)24-14-5-2-4-13(8-14)19(20,21)22/h2,4-5,8,11-12,15-17,24H,3,6-7,9-10H2,1H3. The molecule has 2 saturated heterocycles. The van der Waals surface area contributed by atoms with E-state index in [-0.39, 0.29) is 36.2 Å². The molecule has 0 amide bonds. The van der Waals surface area contributed by atoms with Crippen molar-refractivity contribution in [1.82, 2.24) is 13.9 Å². The van der Waals surface area contributed by atoms with Crippen LogP contribution in [-0.4, -0.2) is 54.1 Å². The van der Waals surface area contributed by atoms with Crippen LogP contribution in [0.15, 0.2) is 41.8 Å². The highest BCUT2D eigenvalue weighted by atomic mass is 32.2. The van der Waals surface area contributed by atoms with E-state index in [1.807, 2.05) is 0 Å². The third kappa shape index (κ3) is 4.19. The molecule has 11 heteroatoms.